The Bertz CT molecular complexity index is 901. The molecule has 2 heterocycles. The van der Waals surface area contributed by atoms with Gasteiger partial charge in [0.25, 0.3) is 0 Å². The summed E-state index contributed by atoms with van der Waals surface area (Å²) >= 11 is 0. The molecule has 0 saturated carbocycles. The van der Waals surface area contributed by atoms with Crippen LogP contribution < -0.4 is 0 Å². The fraction of sp³-hybridized carbons (Fsp3) is 0.350. The Hall–Kier alpha value is -1.76. The zero-order valence-corrected chi connectivity index (χ0v) is 16.8. The first-order valence-electron chi connectivity index (χ1n) is 8.83. The molecule has 8 heteroatoms. The molecule has 0 unspecified atom stereocenters. The van der Waals surface area contributed by atoms with Crippen LogP contribution in [0.3, 0.4) is 0 Å². The molecule has 2 aromatic carbocycles. The van der Waals surface area contributed by atoms with Crippen molar-refractivity contribution in [2.75, 3.05) is 13.1 Å². The Morgan fingerprint density at radius 2 is 1.50 bits per heavy atom. The molecule has 0 bridgehead atoms. The summed E-state index contributed by atoms with van der Waals surface area (Å²) in [5.41, 5.74) is 2.16. The normalized spacial score (nSPS) is 14.7. The van der Waals surface area contributed by atoms with Gasteiger partial charge in [-0.1, -0.05) is 24.3 Å². The second-order valence-electron chi connectivity index (χ2n) is 6.78. The number of fused-ring (bicyclic) bond motifs is 1. The van der Waals surface area contributed by atoms with E-state index in [1.54, 1.807) is 12.1 Å². The predicted octanol–water partition coefficient (Wildman–Crippen LogP) is 5.54. The van der Waals surface area contributed by atoms with Crippen molar-refractivity contribution in [1.29, 1.82) is 0 Å². The number of aromatic nitrogens is 2. The van der Waals surface area contributed by atoms with E-state index in [0.717, 1.165) is 54.2 Å². The van der Waals surface area contributed by atoms with Gasteiger partial charge in [-0.05, 0) is 55.8 Å². The molecule has 152 valence electrons. The summed E-state index contributed by atoms with van der Waals surface area (Å²) in [6.45, 7) is 3.43. The molecule has 0 radical (unpaired) electrons. The highest BCUT2D eigenvalue weighted by Gasteiger charge is 2.30. The largest absolute Gasteiger partial charge is 0.416 e. The summed E-state index contributed by atoms with van der Waals surface area (Å²) in [6.07, 6.45) is -1.89. The summed E-state index contributed by atoms with van der Waals surface area (Å²) in [6, 6.07) is 13.3. The number of alkyl halides is 3. The molecule has 1 aliphatic heterocycles. The molecule has 28 heavy (non-hydrogen) atoms. The van der Waals surface area contributed by atoms with Crippen LogP contribution in [0.5, 0.6) is 0 Å². The molecule has 3 aromatic rings. The average Bonchev–Trinajstić information content (AvgIpc) is 3.24. The van der Waals surface area contributed by atoms with E-state index in [4.69, 9.17) is 4.98 Å². The van der Waals surface area contributed by atoms with Crippen molar-refractivity contribution in [3.63, 3.8) is 0 Å². The third-order valence-electron chi connectivity index (χ3n) is 4.92. The number of rotatable bonds is 4. The minimum absolute atomic E-state index is 0. The van der Waals surface area contributed by atoms with Crippen LogP contribution >= 0.6 is 24.8 Å². The van der Waals surface area contributed by atoms with E-state index < -0.39 is 11.7 Å². The van der Waals surface area contributed by atoms with Crippen LogP contribution in [0.15, 0.2) is 48.5 Å². The lowest BCUT2D eigenvalue weighted by molar-refractivity contribution is -0.137. The van der Waals surface area contributed by atoms with E-state index in [-0.39, 0.29) is 24.8 Å². The lowest BCUT2D eigenvalue weighted by atomic mass is 10.1. The molecule has 4 rings (SSSR count). The van der Waals surface area contributed by atoms with Crippen molar-refractivity contribution in [3.8, 4) is 0 Å². The summed E-state index contributed by atoms with van der Waals surface area (Å²) in [5.74, 6) is 0.966. The minimum Gasteiger partial charge on any atom is -0.322 e. The van der Waals surface area contributed by atoms with Crippen LogP contribution in [0.25, 0.3) is 11.0 Å². The van der Waals surface area contributed by atoms with Crippen molar-refractivity contribution in [2.24, 2.45) is 0 Å². The Balaban J connectivity index is 0.00000140. The zero-order chi connectivity index (χ0) is 18.1. The number of nitrogens with zero attached hydrogens (tertiary/aromatic N) is 3. The van der Waals surface area contributed by atoms with Gasteiger partial charge < -0.3 is 4.57 Å². The summed E-state index contributed by atoms with van der Waals surface area (Å²) < 4.78 is 40.4. The van der Waals surface area contributed by atoms with Crippen LogP contribution in [0, 0.1) is 0 Å². The Labute approximate surface area is 174 Å². The van der Waals surface area contributed by atoms with Crippen LogP contribution in [0.1, 0.15) is 29.8 Å². The third-order valence-corrected chi connectivity index (χ3v) is 4.92. The molecule has 0 aliphatic carbocycles. The molecule has 0 N–H and O–H groups in total. The number of hydrogen-bond donors (Lipinski definition) is 0. The fourth-order valence-corrected chi connectivity index (χ4v) is 3.54. The van der Waals surface area contributed by atoms with E-state index in [9.17, 15) is 13.2 Å². The van der Waals surface area contributed by atoms with Gasteiger partial charge in [0.05, 0.1) is 23.1 Å². The van der Waals surface area contributed by atoms with Crippen LogP contribution in [-0.2, 0) is 19.3 Å². The Morgan fingerprint density at radius 3 is 2.14 bits per heavy atom. The minimum atomic E-state index is -4.30. The standard InChI is InChI=1S/C20H20F3N3.2ClH/c21-20(22,23)16-9-7-15(8-10-16)13-26-18-6-2-1-5-17(18)24-19(26)14-25-11-3-4-12-25;;/h1-2,5-10H,3-4,11-14H2;2*1H. The number of halogens is 5. The van der Waals surface area contributed by atoms with Gasteiger partial charge in [-0.15, -0.1) is 24.8 Å². The number of hydrogen-bond acceptors (Lipinski definition) is 2. The maximum atomic E-state index is 12.8. The quantitative estimate of drug-likeness (QED) is 0.540. The van der Waals surface area contributed by atoms with Gasteiger partial charge in [-0.25, -0.2) is 4.98 Å². The highest BCUT2D eigenvalue weighted by atomic mass is 35.5. The van der Waals surface area contributed by atoms with Gasteiger partial charge in [0.15, 0.2) is 0 Å². The molecule has 0 spiro atoms. The van der Waals surface area contributed by atoms with Gasteiger partial charge in [0.2, 0.25) is 0 Å². The smallest absolute Gasteiger partial charge is 0.322 e. The van der Waals surface area contributed by atoms with E-state index >= 15 is 0 Å². The predicted molar refractivity (Wildman–Crippen MR) is 109 cm³/mol. The topological polar surface area (TPSA) is 21.1 Å². The SMILES string of the molecule is Cl.Cl.FC(F)(F)c1ccc(Cn2c(CN3CCCC3)nc3ccccc32)cc1. The molecule has 1 fully saturated rings. The Kier molecular flexibility index (Phi) is 7.37. The van der Waals surface area contributed by atoms with Gasteiger partial charge in [-0.3, -0.25) is 4.90 Å². The third kappa shape index (κ3) is 4.80. The molecule has 1 aromatic heterocycles. The summed E-state index contributed by atoms with van der Waals surface area (Å²) in [7, 11) is 0. The van der Waals surface area contributed by atoms with E-state index in [0.29, 0.717) is 6.54 Å². The lowest BCUT2D eigenvalue weighted by Gasteiger charge is -2.16. The molecule has 0 amide bonds. The first-order valence-corrected chi connectivity index (χ1v) is 8.83. The molecule has 0 atom stereocenters. The van der Waals surface area contributed by atoms with Crippen LogP contribution in [0.2, 0.25) is 0 Å². The van der Waals surface area contributed by atoms with Crippen molar-refractivity contribution >= 4 is 35.8 Å². The van der Waals surface area contributed by atoms with Gasteiger partial charge >= 0.3 is 6.18 Å². The molecule has 1 aliphatic rings. The summed E-state index contributed by atoms with van der Waals surface area (Å²) in [5, 5.41) is 0. The van der Waals surface area contributed by atoms with Crippen molar-refractivity contribution < 1.29 is 13.2 Å². The summed E-state index contributed by atoms with van der Waals surface area (Å²) in [4.78, 5) is 7.15. The number of para-hydroxylation sites is 2. The van der Waals surface area contributed by atoms with Crippen LogP contribution in [0.4, 0.5) is 13.2 Å². The number of imidazole rings is 1. The van der Waals surface area contributed by atoms with Gasteiger partial charge in [-0.2, -0.15) is 13.2 Å². The monoisotopic (exact) mass is 431 g/mol. The molecular formula is C20H22Cl2F3N3. The van der Waals surface area contributed by atoms with Gasteiger partial charge in [0, 0.05) is 6.54 Å². The number of benzene rings is 2. The first kappa shape index (κ1) is 22.5. The maximum absolute atomic E-state index is 12.8. The lowest BCUT2D eigenvalue weighted by Crippen LogP contribution is -2.21. The first-order chi connectivity index (χ1) is 12.5. The van der Waals surface area contributed by atoms with Crippen LogP contribution in [-0.4, -0.2) is 27.5 Å². The molecule has 1 saturated heterocycles. The Morgan fingerprint density at radius 1 is 0.857 bits per heavy atom. The zero-order valence-electron chi connectivity index (χ0n) is 15.2. The highest BCUT2D eigenvalue weighted by molar-refractivity contribution is 5.85. The van der Waals surface area contributed by atoms with Crippen molar-refractivity contribution in [1.82, 2.24) is 14.5 Å². The fourth-order valence-electron chi connectivity index (χ4n) is 3.54. The number of likely N-dealkylation sites (tertiary alicyclic amines) is 1. The maximum Gasteiger partial charge on any atom is 0.416 e. The molecular weight excluding hydrogens is 410 g/mol. The van der Waals surface area contributed by atoms with Crippen molar-refractivity contribution in [2.45, 2.75) is 32.1 Å². The van der Waals surface area contributed by atoms with E-state index in [1.807, 2.05) is 24.3 Å². The van der Waals surface area contributed by atoms with E-state index in [2.05, 4.69) is 9.47 Å². The second-order valence-corrected chi connectivity index (χ2v) is 6.78. The van der Waals surface area contributed by atoms with E-state index in [1.165, 1.54) is 12.8 Å². The average molecular weight is 432 g/mol. The van der Waals surface area contributed by atoms with Crippen molar-refractivity contribution in [3.05, 3.63) is 65.5 Å². The highest BCUT2D eigenvalue weighted by Crippen LogP contribution is 2.29. The molecule has 3 nitrogen and oxygen atoms in total. The van der Waals surface area contributed by atoms with Gasteiger partial charge in [0.1, 0.15) is 5.82 Å². The second kappa shape index (κ2) is 9.16.